The summed E-state index contributed by atoms with van der Waals surface area (Å²) in [5, 5.41) is 7.50. The number of rotatable bonds is 3. The molecular weight excluding hydrogens is 312 g/mol. The topological polar surface area (TPSA) is 113 Å². The van der Waals surface area contributed by atoms with E-state index in [0.29, 0.717) is 5.57 Å². The SMILES string of the molecule is NS(=O)(=O)c1sc(Cl)cc1NC(=O)C1=CNNC=C1. The minimum atomic E-state index is -3.94. The Morgan fingerprint density at radius 3 is 2.74 bits per heavy atom. The van der Waals surface area contributed by atoms with E-state index in [1.165, 1.54) is 24.5 Å². The number of sulfonamides is 1. The molecule has 2 rings (SSSR count). The molecule has 2 heterocycles. The highest BCUT2D eigenvalue weighted by Crippen LogP contribution is 2.34. The maximum Gasteiger partial charge on any atom is 0.257 e. The zero-order valence-electron chi connectivity index (χ0n) is 9.31. The smallest absolute Gasteiger partial charge is 0.257 e. The summed E-state index contributed by atoms with van der Waals surface area (Å²) >= 11 is 6.52. The van der Waals surface area contributed by atoms with Crippen molar-refractivity contribution < 1.29 is 13.2 Å². The minimum Gasteiger partial charge on any atom is -0.320 e. The van der Waals surface area contributed by atoms with Crippen LogP contribution in [0.5, 0.6) is 0 Å². The van der Waals surface area contributed by atoms with Gasteiger partial charge in [-0.15, -0.1) is 11.3 Å². The van der Waals surface area contributed by atoms with Crippen LogP contribution in [0.25, 0.3) is 0 Å². The van der Waals surface area contributed by atoms with Crippen molar-refractivity contribution >= 4 is 44.6 Å². The number of nitrogens with one attached hydrogen (secondary N) is 3. The molecular formula is C9H9ClN4O3S2. The molecule has 1 aromatic heterocycles. The van der Waals surface area contributed by atoms with Crippen molar-refractivity contribution in [3.63, 3.8) is 0 Å². The van der Waals surface area contributed by atoms with Gasteiger partial charge >= 0.3 is 0 Å². The summed E-state index contributed by atoms with van der Waals surface area (Å²) in [4.78, 5) is 11.9. The van der Waals surface area contributed by atoms with E-state index in [4.69, 9.17) is 16.7 Å². The molecule has 0 atom stereocenters. The first-order valence-electron chi connectivity index (χ1n) is 4.89. The molecule has 0 fully saturated rings. The summed E-state index contributed by atoms with van der Waals surface area (Å²) in [7, 11) is -3.94. The number of hydrogen-bond donors (Lipinski definition) is 4. The third kappa shape index (κ3) is 3.26. The molecule has 102 valence electrons. The van der Waals surface area contributed by atoms with Crippen molar-refractivity contribution in [2.24, 2.45) is 5.14 Å². The van der Waals surface area contributed by atoms with Crippen LogP contribution in [0.3, 0.4) is 0 Å². The zero-order chi connectivity index (χ0) is 14.0. The average Bonchev–Trinajstić information content (AvgIpc) is 2.71. The third-order valence-electron chi connectivity index (χ3n) is 2.09. The van der Waals surface area contributed by atoms with Crippen LogP contribution in [0, 0.1) is 0 Å². The molecule has 1 amide bonds. The highest BCUT2D eigenvalue weighted by molar-refractivity contribution is 7.91. The van der Waals surface area contributed by atoms with Gasteiger partial charge in [0.25, 0.3) is 5.91 Å². The van der Waals surface area contributed by atoms with Crippen LogP contribution in [0.2, 0.25) is 4.34 Å². The number of hydrazine groups is 1. The van der Waals surface area contributed by atoms with E-state index in [1.54, 1.807) is 0 Å². The average molecular weight is 321 g/mol. The number of primary sulfonamides is 1. The standard InChI is InChI=1S/C9H9ClN4O3S2/c10-7-3-6(9(18-7)19(11,16)17)14-8(15)5-1-2-12-13-4-5/h1-4,12-13H,(H,14,15)(H2,11,16,17). The van der Waals surface area contributed by atoms with Gasteiger partial charge in [-0.2, -0.15) is 0 Å². The number of thiophene rings is 1. The molecule has 0 saturated heterocycles. The van der Waals surface area contributed by atoms with Crippen LogP contribution >= 0.6 is 22.9 Å². The van der Waals surface area contributed by atoms with Crippen LogP contribution in [0.4, 0.5) is 5.69 Å². The van der Waals surface area contributed by atoms with E-state index in [-0.39, 0.29) is 14.2 Å². The molecule has 0 aromatic carbocycles. The Bertz CT molecular complexity index is 678. The lowest BCUT2D eigenvalue weighted by Crippen LogP contribution is -2.27. The first-order chi connectivity index (χ1) is 8.88. The van der Waals surface area contributed by atoms with Crippen LogP contribution in [-0.4, -0.2) is 14.3 Å². The van der Waals surface area contributed by atoms with E-state index in [0.717, 1.165) is 11.3 Å². The van der Waals surface area contributed by atoms with Crippen molar-refractivity contribution in [1.82, 2.24) is 10.9 Å². The molecule has 0 spiro atoms. The second-order valence-corrected chi connectivity index (χ2v) is 6.91. The molecule has 0 unspecified atom stereocenters. The van der Waals surface area contributed by atoms with Gasteiger partial charge in [-0.25, -0.2) is 13.6 Å². The number of hydrogen-bond acceptors (Lipinski definition) is 6. The summed E-state index contributed by atoms with van der Waals surface area (Å²) in [6.07, 6.45) is 4.48. The van der Waals surface area contributed by atoms with Crippen molar-refractivity contribution in [1.29, 1.82) is 0 Å². The number of nitrogens with two attached hydrogens (primary N) is 1. The molecule has 1 aliphatic rings. The monoisotopic (exact) mass is 320 g/mol. The van der Waals surface area contributed by atoms with Crippen LogP contribution in [0.15, 0.2) is 34.3 Å². The molecule has 1 aliphatic heterocycles. The van der Waals surface area contributed by atoms with Crippen molar-refractivity contribution in [2.75, 3.05) is 5.32 Å². The van der Waals surface area contributed by atoms with Crippen molar-refractivity contribution in [3.8, 4) is 0 Å². The largest absolute Gasteiger partial charge is 0.320 e. The summed E-state index contributed by atoms with van der Waals surface area (Å²) in [5.74, 6) is -0.482. The molecule has 10 heteroatoms. The van der Waals surface area contributed by atoms with Gasteiger partial charge in [0, 0.05) is 12.4 Å². The molecule has 7 nitrogen and oxygen atoms in total. The predicted molar refractivity (Wildman–Crippen MR) is 72.8 cm³/mol. The van der Waals surface area contributed by atoms with E-state index < -0.39 is 15.9 Å². The second kappa shape index (κ2) is 5.21. The molecule has 5 N–H and O–H groups in total. The van der Waals surface area contributed by atoms with Gasteiger partial charge in [-0.3, -0.25) is 4.79 Å². The quantitative estimate of drug-likeness (QED) is 0.647. The van der Waals surface area contributed by atoms with Gasteiger partial charge in [0.1, 0.15) is 0 Å². The number of amides is 1. The summed E-state index contributed by atoms with van der Waals surface area (Å²) in [6, 6.07) is 1.34. The first kappa shape index (κ1) is 13.9. The first-order valence-corrected chi connectivity index (χ1v) is 7.63. The van der Waals surface area contributed by atoms with Gasteiger partial charge in [0.2, 0.25) is 10.0 Å². The Morgan fingerprint density at radius 1 is 1.42 bits per heavy atom. The fraction of sp³-hybridized carbons (Fsp3) is 0. The molecule has 0 aliphatic carbocycles. The normalized spacial score (nSPS) is 14.3. The molecule has 0 radical (unpaired) electrons. The number of anilines is 1. The lowest BCUT2D eigenvalue weighted by atomic mass is 10.2. The lowest BCUT2D eigenvalue weighted by molar-refractivity contribution is -0.112. The number of carbonyl (C=O) groups is 1. The fourth-order valence-corrected chi connectivity index (χ4v) is 3.53. The summed E-state index contributed by atoms with van der Waals surface area (Å²) in [5.41, 5.74) is 5.66. The van der Waals surface area contributed by atoms with E-state index in [9.17, 15) is 13.2 Å². The van der Waals surface area contributed by atoms with Gasteiger partial charge in [-0.1, -0.05) is 11.6 Å². The fourth-order valence-electron chi connectivity index (χ4n) is 1.33. The Hall–Kier alpha value is -1.55. The van der Waals surface area contributed by atoms with E-state index in [2.05, 4.69) is 16.2 Å². The van der Waals surface area contributed by atoms with Crippen molar-refractivity contribution in [2.45, 2.75) is 4.21 Å². The van der Waals surface area contributed by atoms with Crippen LogP contribution in [-0.2, 0) is 14.8 Å². The highest BCUT2D eigenvalue weighted by Gasteiger charge is 2.20. The van der Waals surface area contributed by atoms with E-state index >= 15 is 0 Å². The molecule has 0 bridgehead atoms. The predicted octanol–water partition coefficient (Wildman–Crippen LogP) is 0.493. The molecule has 19 heavy (non-hydrogen) atoms. The van der Waals surface area contributed by atoms with Gasteiger partial charge in [0.15, 0.2) is 4.21 Å². The van der Waals surface area contributed by atoms with E-state index in [1.807, 2.05) is 0 Å². The molecule has 1 aromatic rings. The van der Waals surface area contributed by atoms with Gasteiger partial charge in [0.05, 0.1) is 15.6 Å². The van der Waals surface area contributed by atoms with Crippen LogP contribution < -0.4 is 21.3 Å². The van der Waals surface area contributed by atoms with Crippen LogP contribution in [0.1, 0.15) is 0 Å². The number of carbonyl (C=O) groups excluding carboxylic acids is 1. The second-order valence-electron chi connectivity index (χ2n) is 3.47. The van der Waals surface area contributed by atoms with Gasteiger partial charge < -0.3 is 16.2 Å². The maximum atomic E-state index is 11.9. The maximum absolute atomic E-state index is 11.9. The van der Waals surface area contributed by atoms with Gasteiger partial charge in [-0.05, 0) is 12.1 Å². The highest BCUT2D eigenvalue weighted by atomic mass is 35.5. The summed E-state index contributed by atoms with van der Waals surface area (Å²) < 4.78 is 22.7. The summed E-state index contributed by atoms with van der Waals surface area (Å²) in [6.45, 7) is 0. The Balaban J connectivity index is 2.27. The Labute approximate surface area is 118 Å². The van der Waals surface area contributed by atoms with Crippen molar-refractivity contribution in [3.05, 3.63) is 34.5 Å². The molecule has 0 saturated carbocycles. The zero-order valence-corrected chi connectivity index (χ0v) is 11.7. The minimum absolute atomic E-state index is 0.0651. The lowest BCUT2D eigenvalue weighted by Gasteiger charge is -2.10. The Kier molecular flexibility index (Phi) is 3.80. The Morgan fingerprint density at radius 2 is 2.16 bits per heavy atom. The third-order valence-corrected chi connectivity index (χ3v) is 4.84. The number of halogens is 1.